The number of hydrogen-bond donors (Lipinski definition) is 4. The van der Waals surface area contributed by atoms with Crippen molar-refractivity contribution in [2.24, 2.45) is 17.8 Å². The van der Waals surface area contributed by atoms with Crippen LogP contribution < -0.4 is 21.3 Å². The lowest BCUT2D eigenvalue weighted by atomic mass is 9.92. The molecule has 1 aliphatic heterocycles. The van der Waals surface area contributed by atoms with Gasteiger partial charge in [-0.05, 0) is 43.9 Å². The van der Waals surface area contributed by atoms with Gasteiger partial charge in [0.2, 0.25) is 11.8 Å². The number of nitrogens with one attached hydrogen (secondary N) is 4. The minimum atomic E-state index is -0.849. The SMILES string of the molecule is CCCCCCCCCCNC(=O)N[C@H](C(=O)N[C@@H](CC(C)C)C(=O)N[C@@H](CC(C)C)C(=O)[C@@]1(C)CO1)C(C)C. The molecule has 0 aromatic rings. The maximum atomic E-state index is 13.4. The minimum Gasteiger partial charge on any atom is -0.361 e. The number of amides is 4. The largest absolute Gasteiger partial charge is 0.361 e. The molecule has 0 aromatic heterocycles. The summed E-state index contributed by atoms with van der Waals surface area (Å²) < 4.78 is 5.33. The van der Waals surface area contributed by atoms with Gasteiger partial charge in [0.15, 0.2) is 5.78 Å². The zero-order chi connectivity index (χ0) is 30.3. The first-order chi connectivity index (χ1) is 18.8. The Morgan fingerprint density at radius 1 is 0.725 bits per heavy atom. The molecule has 1 saturated heterocycles. The van der Waals surface area contributed by atoms with Crippen LogP contribution in [0.15, 0.2) is 0 Å². The molecule has 9 heteroatoms. The number of ketones is 1. The van der Waals surface area contributed by atoms with Crippen LogP contribution in [0.4, 0.5) is 4.79 Å². The van der Waals surface area contributed by atoms with Gasteiger partial charge in [0.25, 0.3) is 0 Å². The topological polar surface area (TPSA) is 129 Å². The predicted molar refractivity (Wildman–Crippen MR) is 160 cm³/mol. The second-order valence-electron chi connectivity index (χ2n) is 12.9. The molecule has 1 aliphatic rings. The van der Waals surface area contributed by atoms with E-state index in [0.29, 0.717) is 26.0 Å². The van der Waals surface area contributed by atoms with Crippen molar-refractivity contribution < 1.29 is 23.9 Å². The fraction of sp³-hybridized carbons (Fsp3) is 0.871. The van der Waals surface area contributed by atoms with Gasteiger partial charge in [-0.1, -0.05) is 93.4 Å². The number of unbranched alkanes of at least 4 members (excludes halogenated alkanes) is 7. The summed E-state index contributed by atoms with van der Waals surface area (Å²) in [5.41, 5.74) is -0.849. The number of rotatable bonds is 21. The molecule has 1 rings (SSSR count). The van der Waals surface area contributed by atoms with Gasteiger partial charge in [-0.3, -0.25) is 14.4 Å². The molecule has 0 spiro atoms. The zero-order valence-corrected chi connectivity index (χ0v) is 26.5. The van der Waals surface area contributed by atoms with Crippen LogP contribution in [0, 0.1) is 17.8 Å². The molecule has 1 fully saturated rings. The maximum absolute atomic E-state index is 13.4. The molecule has 0 aromatic carbocycles. The summed E-state index contributed by atoms with van der Waals surface area (Å²) in [5.74, 6) is -0.819. The Bertz CT molecular complexity index is 795. The van der Waals surface area contributed by atoms with E-state index in [1.807, 2.05) is 41.5 Å². The van der Waals surface area contributed by atoms with Gasteiger partial charge >= 0.3 is 6.03 Å². The lowest BCUT2D eigenvalue weighted by Crippen LogP contribution is -2.58. The maximum Gasteiger partial charge on any atom is 0.315 e. The van der Waals surface area contributed by atoms with Crippen molar-refractivity contribution in [2.75, 3.05) is 13.2 Å². The number of ether oxygens (including phenoxy) is 1. The monoisotopic (exact) mass is 566 g/mol. The number of hydrogen-bond acceptors (Lipinski definition) is 5. The van der Waals surface area contributed by atoms with Gasteiger partial charge in [0.05, 0.1) is 12.6 Å². The normalized spacial score (nSPS) is 18.8. The van der Waals surface area contributed by atoms with Crippen LogP contribution in [0.5, 0.6) is 0 Å². The van der Waals surface area contributed by atoms with E-state index in [1.165, 1.54) is 38.5 Å². The van der Waals surface area contributed by atoms with Crippen LogP contribution in [0.1, 0.15) is 120 Å². The molecule has 0 unspecified atom stereocenters. The third-order valence-corrected chi connectivity index (χ3v) is 7.33. The number of epoxide rings is 1. The molecule has 4 amide bonds. The van der Waals surface area contributed by atoms with Crippen molar-refractivity contribution in [3.05, 3.63) is 0 Å². The van der Waals surface area contributed by atoms with E-state index < -0.39 is 35.5 Å². The fourth-order valence-corrected chi connectivity index (χ4v) is 4.75. The van der Waals surface area contributed by atoms with E-state index in [-0.39, 0.29) is 29.6 Å². The van der Waals surface area contributed by atoms with Crippen LogP contribution in [0.2, 0.25) is 0 Å². The van der Waals surface area contributed by atoms with Gasteiger partial charge in [-0.2, -0.15) is 0 Å². The van der Waals surface area contributed by atoms with Crippen LogP contribution in [0.25, 0.3) is 0 Å². The second-order valence-corrected chi connectivity index (χ2v) is 12.9. The van der Waals surface area contributed by atoms with Crippen LogP contribution in [0.3, 0.4) is 0 Å². The summed E-state index contributed by atoms with van der Waals surface area (Å²) in [7, 11) is 0. The average Bonchev–Trinajstić information content (AvgIpc) is 3.62. The first-order valence-electron chi connectivity index (χ1n) is 15.6. The molecule has 232 valence electrons. The minimum absolute atomic E-state index is 0.125. The van der Waals surface area contributed by atoms with Gasteiger partial charge in [0.1, 0.15) is 17.7 Å². The van der Waals surface area contributed by atoms with E-state index in [0.717, 1.165) is 12.8 Å². The number of carbonyl (C=O) groups is 4. The van der Waals surface area contributed by atoms with Crippen molar-refractivity contribution in [3.63, 3.8) is 0 Å². The Morgan fingerprint density at radius 3 is 1.73 bits per heavy atom. The molecular formula is C31H58N4O5. The fourth-order valence-electron chi connectivity index (χ4n) is 4.75. The molecule has 4 N–H and O–H groups in total. The third kappa shape index (κ3) is 14.0. The van der Waals surface area contributed by atoms with E-state index in [4.69, 9.17) is 4.74 Å². The van der Waals surface area contributed by atoms with Crippen molar-refractivity contribution >= 4 is 23.6 Å². The van der Waals surface area contributed by atoms with Gasteiger partial charge in [-0.25, -0.2) is 4.79 Å². The summed E-state index contributed by atoms with van der Waals surface area (Å²) in [6, 6.07) is -2.70. The predicted octanol–water partition coefficient (Wildman–Crippen LogP) is 4.87. The summed E-state index contributed by atoms with van der Waals surface area (Å²) in [6.07, 6.45) is 10.4. The highest BCUT2D eigenvalue weighted by Crippen LogP contribution is 2.29. The molecule has 0 saturated carbocycles. The van der Waals surface area contributed by atoms with Crippen molar-refractivity contribution in [1.29, 1.82) is 0 Å². The Kier molecular flexibility index (Phi) is 16.4. The molecule has 1 heterocycles. The average molecular weight is 567 g/mol. The number of Topliss-reactive ketones (excluding diaryl/α,β-unsaturated/α-hetero) is 1. The van der Waals surface area contributed by atoms with Crippen molar-refractivity contribution in [3.8, 4) is 0 Å². The molecule has 0 bridgehead atoms. The van der Waals surface area contributed by atoms with Crippen molar-refractivity contribution in [2.45, 2.75) is 143 Å². The highest BCUT2D eigenvalue weighted by Gasteiger charge is 2.50. The van der Waals surface area contributed by atoms with Crippen molar-refractivity contribution in [1.82, 2.24) is 21.3 Å². The molecule has 0 aliphatic carbocycles. The van der Waals surface area contributed by atoms with Crippen LogP contribution in [-0.2, 0) is 19.1 Å². The Hall–Kier alpha value is -2.16. The number of carbonyl (C=O) groups excluding carboxylic acids is 4. The van der Waals surface area contributed by atoms with Crippen LogP contribution >= 0.6 is 0 Å². The molecular weight excluding hydrogens is 508 g/mol. The van der Waals surface area contributed by atoms with E-state index in [2.05, 4.69) is 28.2 Å². The highest BCUT2D eigenvalue weighted by atomic mass is 16.6. The van der Waals surface area contributed by atoms with Gasteiger partial charge in [-0.15, -0.1) is 0 Å². The smallest absolute Gasteiger partial charge is 0.315 e. The highest BCUT2D eigenvalue weighted by molar-refractivity contribution is 5.98. The van der Waals surface area contributed by atoms with E-state index in [9.17, 15) is 19.2 Å². The van der Waals surface area contributed by atoms with E-state index >= 15 is 0 Å². The first-order valence-corrected chi connectivity index (χ1v) is 15.6. The standard InChI is InChI=1S/C31H58N4O5/c1-9-10-11-12-13-14-15-16-17-32-30(39)35-26(23(6)7)29(38)34-25(19-22(4)5)28(37)33-24(18-21(2)3)27(36)31(8)20-40-31/h21-26H,9-20H2,1-8H3,(H,33,37)(H,34,38)(H2,32,35,39)/t24-,25-,26-,31+/m0/s1. The van der Waals surface area contributed by atoms with E-state index in [1.54, 1.807) is 6.92 Å². The molecule has 0 radical (unpaired) electrons. The molecule has 4 atom stereocenters. The Labute approximate surface area is 243 Å². The summed E-state index contributed by atoms with van der Waals surface area (Å²) in [5, 5.41) is 11.4. The Balaban J connectivity index is 2.68. The summed E-state index contributed by atoms with van der Waals surface area (Å²) in [4.78, 5) is 52.2. The lowest BCUT2D eigenvalue weighted by Gasteiger charge is -2.28. The molecule has 9 nitrogen and oxygen atoms in total. The summed E-state index contributed by atoms with van der Waals surface area (Å²) in [6.45, 7) is 16.5. The summed E-state index contributed by atoms with van der Waals surface area (Å²) >= 11 is 0. The third-order valence-electron chi connectivity index (χ3n) is 7.33. The second kappa shape index (κ2) is 18.3. The lowest BCUT2D eigenvalue weighted by molar-refractivity contribution is -0.134. The zero-order valence-electron chi connectivity index (χ0n) is 26.5. The van der Waals surface area contributed by atoms with Gasteiger partial charge in [0, 0.05) is 6.54 Å². The first kappa shape index (κ1) is 35.9. The van der Waals surface area contributed by atoms with Gasteiger partial charge < -0.3 is 26.0 Å². The Morgan fingerprint density at radius 2 is 1.23 bits per heavy atom. The number of urea groups is 1. The molecule has 40 heavy (non-hydrogen) atoms. The quantitative estimate of drug-likeness (QED) is 0.116. The van der Waals surface area contributed by atoms with Crippen LogP contribution in [-0.4, -0.2) is 60.5 Å².